The number of Topliss-reactive ketones (excluding diaryl/α,β-unsaturated/α-hetero) is 1. The van der Waals surface area contributed by atoms with Gasteiger partial charge in [-0.2, -0.15) is 0 Å². The number of ether oxygens (including phenoxy) is 1. The van der Waals surface area contributed by atoms with Crippen LogP contribution in [-0.4, -0.2) is 18.0 Å². The number of rotatable bonds is 4. The molecule has 0 aliphatic heterocycles. The summed E-state index contributed by atoms with van der Waals surface area (Å²) in [6, 6.07) is 4.50. The van der Waals surface area contributed by atoms with E-state index < -0.39 is 11.4 Å². The predicted octanol–water partition coefficient (Wildman–Crippen LogP) is 3.13. The molecule has 0 heterocycles. The topological polar surface area (TPSA) is 26.3 Å². The third-order valence-corrected chi connectivity index (χ3v) is 2.42. The second kappa shape index (κ2) is 4.74. The Hall–Kier alpha value is -1.22. The average molecular weight is 224 g/mol. The molecule has 1 aromatic rings. The summed E-state index contributed by atoms with van der Waals surface area (Å²) in [5.41, 5.74) is -0.0286. The van der Waals surface area contributed by atoms with Crippen LogP contribution in [0.2, 0.25) is 0 Å². The van der Waals surface area contributed by atoms with E-state index in [1.165, 1.54) is 6.07 Å². The molecule has 0 N–H and O–H groups in total. The number of hydrogen-bond donors (Lipinski definition) is 0. The molecule has 0 aliphatic carbocycles. The number of benzene rings is 1. The minimum Gasteiger partial charge on any atom is -0.368 e. The first-order valence-corrected chi connectivity index (χ1v) is 5.33. The minimum absolute atomic E-state index is 0.0958. The number of carbonyl (C=O) groups is 1. The van der Waals surface area contributed by atoms with Gasteiger partial charge in [-0.1, -0.05) is 11.6 Å². The van der Waals surface area contributed by atoms with E-state index in [2.05, 4.69) is 0 Å². The molecule has 1 aromatic carbocycles. The van der Waals surface area contributed by atoms with Gasteiger partial charge in [0.2, 0.25) is 0 Å². The highest BCUT2D eigenvalue weighted by Gasteiger charge is 2.30. The first kappa shape index (κ1) is 12.8. The Morgan fingerprint density at radius 1 is 1.44 bits per heavy atom. The summed E-state index contributed by atoms with van der Waals surface area (Å²) in [6.07, 6.45) is 0. The van der Waals surface area contributed by atoms with Gasteiger partial charge in [-0.15, -0.1) is 0 Å². The van der Waals surface area contributed by atoms with Gasteiger partial charge in [-0.05, 0) is 39.8 Å². The highest BCUT2D eigenvalue weighted by Crippen LogP contribution is 2.20. The number of ketones is 1. The van der Waals surface area contributed by atoms with Gasteiger partial charge in [0.1, 0.15) is 11.4 Å². The zero-order valence-corrected chi connectivity index (χ0v) is 10.1. The number of aryl methyl sites for hydroxylation is 1. The van der Waals surface area contributed by atoms with Crippen LogP contribution in [-0.2, 0) is 4.74 Å². The molecule has 16 heavy (non-hydrogen) atoms. The van der Waals surface area contributed by atoms with E-state index >= 15 is 0 Å². The monoisotopic (exact) mass is 224 g/mol. The maximum atomic E-state index is 13.5. The van der Waals surface area contributed by atoms with E-state index in [-0.39, 0.29) is 11.3 Å². The van der Waals surface area contributed by atoms with Crippen molar-refractivity contribution in [2.45, 2.75) is 33.3 Å². The molecular weight excluding hydrogens is 207 g/mol. The SMILES string of the molecule is CCOC(C)(C)C(=O)c1cc(C)ccc1F. The number of hydrogen-bond acceptors (Lipinski definition) is 2. The molecule has 0 atom stereocenters. The lowest BCUT2D eigenvalue weighted by molar-refractivity contribution is 0.000949. The molecule has 0 unspecified atom stereocenters. The van der Waals surface area contributed by atoms with Crippen molar-refractivity contribution in [1.29, 1.82) is 0 Å². The molecule has 0 saturated carbocycles. The standard InChI is InChI=1S/C13H17FO2/c1-5-16-13(3,4)12(15)10-8-9(2)6-7-11(10)14/h6-8H,5H2,1-4H3. The number of carbonyl (C=O) groups excluding carboxylic acids is 1. The first-order chi connectivity index (χ1) is 7.38. The third kappa shape index (κ3) is 2.67. The zero-order chi connectivity index (χ0) is 12.3. The summed E-state index contributed by atoms with van der Waals surface area (Å²) in [4.78, 5) is 12.1. The Bertz CT molecular complexity index is 397. The Morgan fingerprint density at radius 2 is 2.06 bits per heavy atom. The van der Waals surface area contributed by atoms with Crippen molar-refractivity contribution in [2.24, 2.45) is 0 Å². The van der Waals surface area contributed by atoms with E-state index in [4.69, 9.17) is 4.74 Å². The lowest BCUT2D eigenvalue weighted by atomic mass is 9.95. The Labute approximate surface area is 95.4 Å². The van der Waals surface area contributed by atoms with Crippen molar-refractivity contribution in [2.75, 3.05) is 6.61 Å². The summed E-state index contributed by atoms with van der Waals surface area (Å²) < 4.78 is 18.8. The van der Waals surface area contributed by atoms with Crippen LogP contribution in [0.15, 0.2) is 18.2 Å². The van der Waals surface area contributed by atoms with E-state index in [0.29, 0.717) is 6.61 Å². The van der Waals surface area contributed by atoms with Crippen LogP contribution in [0.5, 0.6) is 0 Å². The van der Waals surface area contributed by atoms with Crippen LogP contribution in [0.4, 0.5) is 4.39 Å². The lowest BCUT2D eigenvalue weighted by Crippen LogP contribution is -2.35. The molecule has 0 aromatic heterocycles. The van der Waals surface area contributed by atoms with Crippen molar-refractivity contribution in [3.63, 3.8) is 0 Å². The molecule has 2 nitrogen and oxygen atoms in total. The van der Waals surface area contributed by atoms with Crippen LogP contribution in [0.3, 0.4) is 0 Å². The van der Waals surface area contributed by atoms with E-state index in [1.54, 1.807) is 26.0 Å². The molecule has 0 radical (unpaired) electrons. The smallest absolute Gasteiger partial charge is 0.196 e. The van der Waals surface area contributed by atoms with Crippen LogP contribution in [0.1, 0.15) is 36.7 Å². The number of halogens is 1. The van der Waals surface area contributed by atoms with Crippen molar-refractivity contribution < 1.29 is 13.9 Å². The van der Waals surface area contributed by atoms with Gasteiger partial charge in [-0.3, -0.25) is 4.79 Å². The maximum Gasteiger partial charge on any atom is 0.196 e. The summed E-state index contributed by atoms with van der Waals surface area (Å²) in [5, 5.41) is 0. The molecule has 0 saturated heterocycles. The normalized spacial score (nSPS) is 11.6. The fourth-order valence-corrected chi connectivity index (χ4v) is 1.56. The summed E-state index contributed by atoms with van der Waals surface area (Å²) >= 11 is 0. The molecule has 0 amide bonds. The van der Waals surface area contributed by atoms with Crippen LogP contribution in [0, 0.1) is 12.7 Å². The van der Waals surface area contributed by atoms with Gasteiger partial charge in [0, 0.05) is 6.61 Å². The Balaban J connectivity index is 3.09. The predicted molar refractivity (Wildman–Crippen MR) is 61.2 cm³/mol. The van der Waals surface area contributed by atoms with Gasteiger partial charge in [0.25, 0.3) is 0 Å². The van der Waals surface area contributed by atoms with E-state index in [9.17, 15) is 9.18 Å². The van der Waals surface area contributed by atoms with Gasteiger partial charge in [0.15, 0.2) is 5.78 Å². The molecule has 1 rings (SSSR count). The Kier molecular flexibility index (Phi) is 3.81. The largest absolute Gasteiger partial charge is 0.368 e. The Morgan fingerprint density at radius 3 is 2.62 bits per heavy atom. The van der Waals surface area contributed by atoms with Gasteiger partial charge in [-0.25, -0.2) is 4.39 Å². The van der Waals surface area contributed by atoms with Crippen LogP contribution >= 0.6 is 0 Å². The first-order valence-electron chi connectivity index (χ1n) is 5.33. The highest BCUT2D eigenvalue weighted by molar-refractivity contribution is 6.02. The fourth-order valence-electron chi connectivity index (χ4n) is 1.56. The third-order valence-electron chi connectivity index (χ3n) is 2.42. The van der Waals surface area contributed by atoms with Gasteiger partial charge in [0.05, 0.1) is 5.56 Å². The van der Waals surface area contributed by atoms with E-state index in [0.717, 1.165) is 5.56 Å². The summed E-state index contributed by atoms with van der Waals surface area (Å²) in [5.74, 6) is -0.820. The van der Waals surface area contributed by atoms with Gasteiger partial charge < -0.3 is 4.74 Å². The molecule has 88 valence electrons. The fraction of sp³-hybridized carbons (Fsp3) is 0.462. The van der Waals surface area contributed by atoms with Crippen molar-refractivity contribution in [3.05, 3.63) is 35.1 Å². The highest BCUT2D eigenvalue weighted by atomic mass is 19.1. The summed E-state index contributed by atoms with van der Waals surface area (Å²) in [7, 11) is 0. The second-order valence-electron chi connectivity index (χ2n) is 4.26. The van der Waals surface area contributed by atoms with Crippen molar-refractivity contribution in [1.82, 2.24) is 0 Å². The average Bonchev–Trinajstić information content (AvgIpc) is 2.20. The van der Waals surface area contributed by atoms with Crippen molar-refractivity contribution >= 4 is 5.78 Å². The van der Waals surface area contributed by atoms with Crippen molar-refractivity contribution in [3.8, 4) is 0 Å². The molecule has 3 heteroatoms. The molecular formula is C13H17FO2. The molecule has 0 aliphatic rings. The molecule has 0 spiro atoms. The summed E-state index contributed by atoms with van der Waals surface area (Å²) in [6.45, 7) is 7.36. The zero-order valence-electron chi connectivity index (χ0n) is 10.1. The second-order valence-corrected chi connectivity index (χ2v) is 4.26. The minimum atomic E-state index is -0.983. The van der Waals surface area contributed by atoms with Gasteiger partial charge >= 0.3 is 0 Å². The van der Waals surface area contributed by atoms with Crippen LogP contribution in [0.25, 0.3) is 0 Å². The molecule has 0 bridgehead atoms. The quantitative estimate of drug-likeness (QED) is 0.734. The maximum absolute atomic E-state index is 13.5. The lowest BCUT2D eigenvalue weighted by Gasteiger charge is -2.23. The molecule has 0 fully saturated rings. The van der Waals surface area contributed by atoms with E-state index in [1.807, 2.05) is 13.8 Å². The van der Waals surface area contributed by atoms with Crippen LogP contribution < -0.4 is 0 Å².